The van der Waals surface area contributed by atoms with Gasteiger partial charge in [0.1, 0.15) is 12.1 Å². The van der Waals surface area contributed by atoms with Crippen LogP contribution in [0.3, 0.4) is 0 Å². The number of imide groups is 2. The standard InChI is InChI=1S/C53H56N8O11S/c62-44-16-15-43(48(64)56-44)61-51(67)40-7-4-8-42(46(40)52(61)68)54-18-25-70-27-29-72-31-30-71-28-26-69-24-17-45(63)59-22-20-58(21-23-59)39-13-11-35(12-14-39)37-9-10-38-34-60(50(66)41(38)33-37)47(36-5-2-1-3-6-36)49(65)57-53-55-19-32-73-53/h1-14,19,32-33,43,47,54H,15-18,20-31,34H2,(H,55,57,65)(H,56,62,64). The average molecular weight is 1010 g/mol. The highest BCUT2D eigenvalue weighted by Crippen LogP contribution is 2.36. The Balaban J connectivity index is 0.613. The molecule has 5 heterocycles. The third-order valence-electron chi connectivity index (χ3n) is 13.1. The number of hydrogen-bond donors (Lipinski definition) is 3. The van der Waals surface area contributed by atoms with Gasteiger partial charge in [0.2, 0.25) is 17.7 Å². The zero-order valence-electron chi connectivity index (χ0n) is 40.1. The van der Waals surface area contributed by atoms with Gasteiger partial charge < -0.3 is 39.0 Å². The van der Waals surface area contributed by atoms with Crippen LogP contribution in [0, 0.1) is 0 Å². The minimum atomic E-state index is -1.03. The second-order valence-corrected chi connectivity index (χ2v) is 18.6. The van der Waals surface area contributed by atoms with Crippen LogP contribution >= 0.6 is 11.3 Å². The molecule has 7 amide bonds. The number of aromatic nitrogens is 1. The number of rotatable bonds is 23. The van der Waals surface area contributed by atoms with E-state index >= 15 is 0 Å². The lowest BCUT2D eigenvalue weighted by Crippen LogP contribution is -2.54. The Morgan fingerprint density at radius 1 is 0.726 bits per heavy atom. The fraction of sp³-hybridized carbons (Fsp3) is 0.358. The Kier molecular flexibility index (Phi) is 16.6. The summed E-state index contributed by atoms with van der Waals surface area (Å²) >= 11 is 1.32. The summed E-state index contributed by atoms with van der Waals surface area (Å²) in [6.45, 7) is 6.08. The van der Waals surface area contributed by atoms with Gasteiger partial charge in [0, 0.05) is 74.2 Å². The first-order chi connectivity index (χ1) is 35.6. The van der Waals surface area contributed by atoms with Crippen molar-refractivity contribution < 1.29 is 52.5 Å². The second kappa shape index (κ2) is 23.9. The van der Waals surface area contributed by atoms with E-state index in [0.717, 1.165) is 32.8 Å². The first kappa shape index (κ1) is 50.6. The largest absolute Gasteiger partial charge is 0.382 e. The molecule has 2 atom stereocenters. The molecular weight excluding hydrogens is 957 g/mol. The lowest BCUT2D eigenvalue weighted by Gasteiger charge is -2.36. The summed E-state index contributed by atoms with van der Waals surface area (Å²) in [5.74, 6) is -2.68. The molecule has 4 aliphatic heterocycles. The van der Waals surface area contributed by atoms with E-state index in [0.29, 0.717) is 109 Å². The number of carbonyl (C=O) groups excluding carboxylic acids is 7. The number of piperazine rings is 1. The molecule has 1 aromatic heterocycles. The Hall–Kier alpha value is -7.36. The Morgan fingerprint density at radius 2 is 1.42 bits per heavy atom. The number of thiazole rings is 1. The van der Waals surface area contributed by atoms with Gasteiger partial charge in [0.05, 0.1) is 70.4 Å². The summed E-state index contributed by atoms with van der Waals surface area (Å²) in [5.41, 5.74) is 5.96. The number of carbonyl (C=O) groups is 7. The summed E-state index contributed by atoms with van der Waals surface area (Å²) < 4.78 is 22.5. The van der Waals surface area contributed by atoms with E-state index in [-0.39, 0.29) is 48.1 Å². The molecule has 2 unspecified atom stereocenters. The van der Waals surface area contributed by atoms with Crippen LogP contribution in [-0.4, -0.2) is 153 Å². The molecule has 2 saturated heterocycles. The number of benzene rings is 4. The maximum Gasteiger partial charge on any atom is 0.264 e. The SMILES string of the molecule is O=C1CCC(N2C(=O)c3cccc(NCCOCCOCCOCCOCCC(=O)N4CCN(c5ccc(-c6ccc7c(c6)C(=O)N(C(C(=O)Nc6nccs6)c6ccccc6)C7)cc5)CC4)c3C2=O)C(=O)N1. The quantitative estimate of drug-likeness (QED) is 0.0594. The van der Waals surface area contributed by atoms with Gasteiger partial charge in [-0.1, -0.05) is 60.7 Å². The van der Waals surface area contributed by atoms with Crippen molar-refractivity contribution in [2.45, 2.75) is 37.9 Å². The fourth-order valence-corrected chi connectivity index (χ4v) is 9.89. The molecule has 3 N–H and O–H groups in total. The number of amides is 7. The first-order valence-corrected chi connectivity index (χ1v) is 25.2. The number of nitrogens with zero attached hydrogens (tertiary/aromatic N) is 5. The highest BCUT2D eigenvalue weighted by Gasteiger charge is 2.46. The normalized spacial score (nSPS) is 16.9. The highest BCUT2D eigenvalue weighted by molar-refractivity contribution is 7.13. The molecular formula is C53H56N8O11S. The van der Waals surface area contributed by atoms with Crippen LogP contribution in [-0.2, 0) is 44.7 Å². The molecule has 20 heteroatoms. The summed E-state index contributed by atoms with van der Waals surface area (Å²) in [6.07, 6.45) is 2.06. The lowest BCUT2D eigenvalue weighted by molar-refractivity contribution is -0.136. The molecule has 9 rings (SSSR count). The number of hydrogen-bond acceptors (Lipinski definition) is 15. The summed E-state index contributed by atoms with van der Waals surface area (Å²) in [6, 6.07) is 26.5. The van der Waals surface area contributed by atoms with E-state index < -0.39 is 35.7 Å². The molecule has 0 saturated carbocycles. The van der Waals surface area contributed by atoms with Crippen molar-refractivity contribution in [1.29, 1.82) is 0 Å². The monoisotopic (exact) mass is 1010 g/mol. The maximum absolute atomic E-state index is 14.0. The van der Waals surface area contributed by atoms with E-state index in [1.165, 1.54) is 11.3 Å². The van der Waals surface area contributed by atoms with E-state index in [1.807, 2.05) is 65.6 Å². The number of piperidine rings is 1. The van der Waals surface area contributed by atoms with Gasteiger partial charge in [-0.05, 0) is 59.0 Å². The van der Waals surface area contributed by atoms with Crippen molar-refractivity contribution in [3.63, 3.8) is 0 Å². The van der Waals surface area contributed by atoms with E-state index in [2.05, 4.69) is 38.0 Å². The second-order valence-electron chi connectivity index (χ2n) is 17.7. The Bertz CT molecular complexity index is 2810. The average Bonchev–Trinajstić information content (AvgIpc) is 4.11. The molecule has 73 heavy (non-hydrogen) atoms. The summed E-state index contributed by atoms with van der Waals surface area (Å²) in [5, 5.41) is 10.5. The minimum Gasteiger partial charge on any atom is -0.382 e. The topological polar surface area (TPSA) is 218 Å². The molecule has 2 fully saturated rings. The van der Waals surface area contributed by atoms with E-state index in [1.54, 1.807) is 34.7 Å². The van der Waals surface area contributed by atoms with Crippen molar-refractivity contribution in [3.8, 4) is 11.1 Å². The molecule has 4 aliphatic rings. The predicted molar refractivity (Wildman–Crippen MR) is 270 cm³/mol. The summed E-state index contributed by atoms with van der Waals surface area (Å²) in [4.78, 5) is 102. The van der Waals surface area contributed by atoms with Crippen molar-refractivity contribution in [2.24, 2.45) is 0 Å². The lowest BCUT2D eigenvalue weighted by atomic mass is 10.00. The van der Waals surface area contributed by atoms with Crippen molar-refractivity contribution in [1.82, 2.24) is 25.0 Å². The van der Waals surface area contributed by atoms with Crippen molar-refractivity contribution in [3.05, 3.63) is 130 Å². The van der Waals surface area contributed by atoms with E-state index in [9.17, 15) is 33.6 Å². The number of fused-ring (bicyclic) bond motifs is 2. The molecule has 0 aliphatic carbocycles. The van der Waals surface area contributed by atoms with E-state index in [4.69, 9.17) is 18.9 Å². The zero-order valence-corrected chi connectivity index (χ0v) is 40.9. The van der Waals surface area contributed by atoms with Gasteiger partial charge in [-0.2, -0.15) is 0 Å². The third kappa shape index (κ3) is 12.0. The molecule has 5 aromatic rings. The van der Waals surface area contributed by atoms with Gasteiger partial charge in [0.15, 0.2) is 5.13 Å². The number of ether oxygens (including phenoxy) is 4. The fourth-order valence-electron chi connectivity index (χ4n) is 9.36. The predicted octanol–water partition coefficient (Wildman–Crippen LogP) is 4.76. The zero-order chi connectivity index (χ0) is 50.7. The van der Waals surface area contributed by atoms with Gasteiger partial charge in [-0.3, -0.25) is 49.1 Å². The van der Waals surface area contributed by atoms with Crippen LogP contribution in [0.1, 0.15) is 67.5 Å². The Labute approximate surface area is 425 Å². The van der Waals surface area contributed by atoms with Crippen molar-refractivity contribution >= 4 is 69.2 Å². The van der Waals surface area contributed by atoms with Gasteiger partial charge >= 0.3 is 0 Å². The molecule has 19 nitrogen and oxygen atoms in total. The molecule has 4 aromatic carbocycles. The smallest absolute Gasteiger partial charge is 0.264 e. The maximum atomic E-state index is 14.0. The van der Waals surface area contributed by atoms with Crippen molar-refractivity contribution in [2.75, 3.05) is 101 Å². The Morgan fingerprint density at radius 3 is 2.12 bits per heavy atom. The summed E-state index contributed by atoms with van der Waals surface area (Å²) in [7, 11) is 0. The third-order valence-corrected chi connectivity index (χ3v) is 13.8. The number of nitrogens with one attached hydrogen (secondary N) is 3. The van der Waals surface area contributed by atoms with Crippen LogP contribution < -0.4 is 20.9 Å². The minimum absolute atomic E-state index is 0.0517. The molecule has 0 radical (unpaired) electrons. The molecule has 380 valence electrons. The van der Waals surface area contributed by atoms with Crippen LogP contribution in [0.25, 0.3) is 11.1 Å². The highest BCUT2D eigenvalue weighted by atomic mass is 32.1. The van der Waals surface area contributed by atoms with Gasteiger partial charge in [-0.15, -0.1) is 11.3 Å². The van der Waals surface area contributed by atoms with Crippen LogP contribution in [0.5, 0.6) is 0 Å². The van der Waals surface area contributed by atoms with Gasteiger partial charge in [-0.25, -0.2) is 4.98 Å². The number of anilines is 3. The van der Waals surface area contributed by atoms with Crippen LogP contribution in [0.2, 0.25) is 0 Å². The molecule has 0 bridgehead atoms. The first-order valence-electron chi connectivity index (χ1n) is 24.4. The molecule has 0 spiro atoms. The van der Waals surface area contributed by atoms with Crippen LogP contribution in [0.4, 0.5) is 16.5 Å². The van der Waals surface area contributed by atoms with Crippen LogP contribution in [0.15, 0.2) is 103 Å². The van der Waals surface area contributed by atoms with Gasteiger partial charge in [0.25, 0.3) is 23.6 Å².